The van der Waals surface area contributed by atoms with Gasteiger partial charge in [0.15, 0.2) is 0 Å². The van der Waals surface area contributed by atoms with Gasteiger partial charge in [-0.3, -0.25) is 5.84 Å². The van der Waals surface area contributed by atoms with Crippen LogP contribution in [0.4, 0.5) is 0 Å². The molecule has 3 heteroatoms. The van der Waals surface area contributed by atoms with Crippen LogP contribution in [0.3, 0.4) is 0 Å². The molecule has 0 saturated heterocycles. The number of hydrogen-bond acceptors (Lipinski definition) is 3. The van der Waals surface area contributed by atoms with E-state index in [1.54, 1.807) is 0 Å². The maximum absolute atomic E-state index is 5.66. The van der Waals surface area contributed by atoms with E-state index in [0.717, 1.165) is 22.6 Å². The molecule has 1 aromatic heterocycles. The second kappa shape index (κ2) is 4.73. The maximum atomic E-state index is 5.66. The monoisotopic (exact) mass is 230 g/mol. The quantitative estimate of drug-likeness (QED) is 0.629. The minimum Gasteiger partial charge on any atom is -0.466 e. The van der Waals surface area contributed by atoms with Crippen LogP contribution < -0.4 is 11.3 Å². The first-order valence-electron chi connectivity index (χ1n) is 5.71. The second-order valence-electron chi connectivity index (χ2n) is 4.38. The van der Waals surface area contributed by atoms with Crippen molar-refractivity contribution in [2.24, 2.45) is 5.84 Å². The first-order valence-corrected chi connectivity index (χ1v) is 5.71. The lowest BCUT2D eigenvalue weighted by Crippen LogP contribution is -2.28. The highest BCUT2D eigenvalue weighted by Gasteiger charge is 2.17. The summed E-state index contributed by atoms with van der Waals surface area (Å²) >= 11 is 0. The van der Waals surface area contributed by atoms with Gasteiger partial charge in [0.2, 0.25) is 0 Å². The molecule has 3 N–H and O–H groups in total. The van der Waals surface area contributed by atoms with Gasteiger partial charge < -0.3 is 4.42 Å². The number of aryl methyl sites for hydroxylation is 3. The Morgan fingerprint density at radius 1 is 1.12 bits per heavy atom. The van der Waals surface area contributed by atoms with Crippen molar-refractivity contribution in [3.8, 4) is 0 Å². The van der Waals surface area contributed by atoms with Gasteiger partial charge in [-0.15, -0.1) is 0 Å². The fraction of sp³-hybridized carbons (Fsp3) is 0.286. The SMILES string of the molecule is Cc1ccc(C(NN)c2cc(C)oc2C)cc1. The van der Waals surface area contributed by atoms with Gasteiger partial charge in [-0.1, -0.05) is 29.8 Å². The highest BCUT2D eigenvalue weighted by Crippen LogP contribution is 2.26. The highest BCUT2D eigenvalue weighted by atomic mass is 16.3. The molecule has 0 spiro atoms. The molecule has 2 aromatic rings. The number of hydrogen-bond donors (Lipinski definition) is 2. The normalized spacial score (nSPS) is 12.7. The van der Waals surface area contributed by atoms with Crippen molar-refractivity contribution in [2.45, 2.75) is 26.8 Å². The van der Waals surface area contributed by atoms with Crippen LogP contribution >= 0.6 is 0 Å². The van der Waals surface area contributed by atoms with E-state index in [0.29, 0.717) is 0 Å². The molecule has 3 nitrogen and oxygen atoms in total. The topological polar surface area (TPSA) is 51.2 Å². The Morgan fingerprint density at radius 2 is 1.76 bits per heavy atom. The van der Waals surface area contributed by atoms with Crippen LogP contribution in [0.15, 0.2) is 34.7 Å². The molecule has 90 valence electrons. The van der Waals surface area contributed by atoms with Crippen molar-refractivity contribution in [1.82, 2.24) is 5.43 Å². The van der Waals surface area contributed by atoms with Crippen LogP contribution in [0.5, 0.6) is 0 Å². The summed E-state index contributed by atoms with van der Waals surface area (Å²) in [6, 6.07) is 10.3. The molecular formula is C14H18N2O. The standard InChI is InChI=1S/C14H18N2O/c1-9-4-6-12(7-5-9)14(16-15)13-8-10(2)17-11(13)3/h4-8,14,16H,15H2,1-3H3. The van der Waals surface area contributed by atoms with Gasteiger partial charge in [0.25, 0.3) is 0 Å². The lowest BCUT2D eigenvalue weighted by atomic mass is 9.99. The van der Waals surface area contributed by atoms with E-state index >= 15 is 0 Å². The predicted octanol–water partition coefficient (Wildman–Crippen LogP) is 2.76. The molecule has 1 heterocycles. The fourth-order valence-electron chi connectivity index (χ4n) is 2.06. The van der Waals surface area contributed by atoms with Crippen LogP contribution in [-0.4, -0.2) is 0 Å². The highest BCUT2D eigenvalue weighted by molar-refractivity contribution is 5.35. The van der Waals surface area contributed by atoms with Crippen LogP contribution in [-0.2, 0) is 0 Å². The zero-order valence-electron chi connectivity index (χ0n) is 10.4. The van der Waals surface area contributed by atoms with Crippen molar-refractivity contribution < 1.29 is 4.42 Å². The van der Waals surface area contributed by atoms with Crippen molar-refractivity contribution in [3.63, 3.8) is 0 Å². The maximum Gasteiger partial charge on any atom is 0.106 e. The van der Waals surface area contributed by atoms with E-state index in [2.05, 4.69) is 36.6 Å². The van der Waals surface area contributed by atoms with Crippen LogP contribution in [0.25, 0.3) is 0 Å². The summed E-state index contributed by atoms with van der Waals surface area (Å²) in [4.78, 5) is 0. The summed E-state index contributed by atoms with van der Waals surface area (Å²) in [6.07, 6.45) is 0. The van der Waals surface area contributed by atoms with Crippen LogP contribution in [0.1, 0.15) is 34.3 Å². The smallest absolute Gasteiger partial charge is 0.106 e. The lowest BCUT2D eigenvalue weighted by Gasteiger charge is -2.15. The zero-order valence-corrected chi connectivity index (χ0v) is 10.4. The molecular weight excluding hydrogens is 212 g/mol. The van der Waals surface area contributed by atoms with Crippen molar-refractivity contribution in [2.75, 3.05) is 0 Å². The molecule has 0 aliphatic heterocycles. The minimum atomic E-state index is -0.0203. The second-order valence-corrected chi connectivity index (χ2v) is 4.38. The van der Waals surface area contributed by atoms with Gasteiger partial charge in [-0.25, -0.2) is 5.43 Å². The van der Waals surface area contributed by atoms with E-state index in [-0.39, 0.29) is 6.04 Å². The van der Waals surface area contributed by atoms with Crippen molar-refractivity contribution in [1.29, 1.82) is 0 Å². The number of nitrogens with one attached hydrogen (secondary N) is 1. The lowest BCUT2D eigenvalue weighted by molar-refractivity contribution is 0.495. The van der Waals surface area contributed by atoms with Gasteiger partial charge in [-0.2, -0.15) is 0 Å². The summed E-state index contributed by atoms with van der Waals surface area (Å²) in [7, 11) is 0. The molecule has 1 atom stereocenters. The third-order valence-corrected chi connectivity index (χ3v) is 2.97. The Bertz CT molecular complexity index is 499. The Labute approximate surface area is 102 Å². The summed E-state index contributed by atoms with van der Waals surface area (Å²) in [5.74, 6) is 7.48. The average Bonchev–Trinajstić information content (AvgIpc) is 2.62. The van der Waals surface area contributed by atoms with Gasteiger partial charge in [0.1, 0.15) is 11.5 Å². The first-order chi connectivity index (χ1) is 8.11. The number of furan rings is 1. The number of benzene rings is 1. The van der Waals surface area contributed by atoms with E-state index in [1.807, 2.05) is 19.9 Å². The van der Waals surface area contributed by atoms with Crippen LogP contribution in [0, 0.1) is 20.8 Å². The van der Waals surface area contributed by atoms with Gasteiger partial charge in [0, 0.05) is 5.56 Å². The number of nitrogens with two attached hydrogens (primary N) is 1. The van der Waals surface area contributed by atoms with Crippen LogP contribution in [0.2, 0.25) is 0 Å². The third kappa shape index (κ3) is 2.40. The van der Waals surface area contributed by atoms with Crippen molar-refractivity contribution >= 4 is 0 Å². The zero-order chi connectivity index (χ0) is 12.4. The molecule has 0 amide bonds. The third-order valence-electron chi connectivity index (χ3n) is 2.97. The van der Waals surface area contributed by atoms with E-state index in [4.69, 9.17) is 10.3 Å². The molecule has 1 unspecified atom stereocenters. The Balaban J connectivity index is 2.39. The molecule has 0 radical (unpaired) electrons. The molecule has 1 aromatic carbocycles. The molecule has 0 aliphatic rings. The Hall–Kier alpha value is -1.58. The number of hydrazine groups is 1. The molecule has 2 rings (SSSR count). The summed E-state index contributed by atoms with van der Waals surface area (Å²) in [5, 5.41) is 0. The molecule has 0 bridgehead atoms. The summed E-state index contributed by atoms with van der Waals surface area (Å²) < 4.78 is 5.55. The molecule has 17 heavy (non-hydrogen) atoms. The molecule has 0 fully saturated rings. The number of rotatable bonds is 3. The van der Waals surface area contributed by atoms with Crippen molar-refractivity contribution in [3.05, 3.63) is 58.5 Å². The predicted molar refractivity (Wildman–Crippen MR) is 68.5 cm³/mol. The minimum absolute atomic E-state index is 0.0203. The Morgan fingerprint density at radius 3 is 2.24 bits per heavy atom. The molecule has 0 saturated carbocycles. The van der Waals surface area contributed by atoms with E-state index in [9.17, 15) is 0 Å². The van der Waals surface area contributed by atoms with E-state index in [1.165, 1.54) is 5.56 Å². The Kier molecular flexibility index (Phi) is 3.31. The van der Waals surface area contributed by atoms with Gasteiger partial charge in [0.05, 0.1) is 6.04 Å². The van der Waals surface area contributed by atoms with Gasteiger partial charge >= 0.3 is 0 Å². The summed E-state index contributed by atoms with van der Waals surface area (Å²) in [5.41, 5.74) is 6.32. The summed E-state index contributed by atoms with van der Waals surface area (Å²) in [6.45, 7) is 5.97. The molecule has 0 aliphatic carbocycles. The average molecular weight is 230 g/mol. The fourth-order valence-corrected chi connectivity index (χ4v) is 2.06. The first kappa shape index (κ1) is 11.9. The largest absolute Gasteiger partial charge is 0.466 e. The van der Waals surface area contributed by atoms with E-state index < -0.39 is 0 Å². The van der Waals surface area contributed by atoms with Gasteiger partial charge in [-0.05, 0) is 32.4 Å².